The van der Waals surface area contributed by atoms with E-state index in [0.29, 0.717) is 5.17 Å². The van der Waals surface area contributed by atoms with Crippen LogP contribution in [0.4, 0.5) is 5.69 Å². The quantitative estimate of drug-likeness (QED) is 0.933. The second-order valence-electron chi connectivity index (χ2n) is 3.45. The molecule has 1 aliphatic heterocycles. The van der Waals surface area contributed by atoms with E-state index in [9.17, 15) is 4.79 Å². The maximum absolute atomic E-state index is 10.7. The zero-order chi connectivity index (χ0) is 12.3. The number of ketones is 1. The van der Waals surface area contributed by atoms with Crippen LogP contribution in [0.15, 0.2) is 38.7 Å². The highest BCUT2D eigenvalue weighted by atomic mass is 79.9. The molecule has 6 heteroatoms. The molecule has 1 aromatic rings. The maximum Gasteiger partial charge on any atom is 0.193 e. The fourth-order valence-electron chi connectivity index (χ4n) is 1.14. The van der Waals surface area contributed by atoms with E-state index in [1.807, 2.05) is 24.3 Å². The average Bonchev–Trinajstić information content (AvgIpc) is 2.23. The van der Waals surface area contributed by atoms with E-state index in [1.54, 1.807) is 0 Å². The highest BCUT2D eigenvalue weighted by Crippen LogP contribution is 2.23. The summed E-state index contributed by atoms with van der Waals surface area (Å²) in [4.78, 5) is 18.9. The van der Waals surface area contributed by atoms with Gasteiger partial charge >= 0.3 is 0 Å². The van der Waals surface area contributed by atoms with Crippen LogP contribution in [0, 0.1) is 0 Å². The van der Waals surface area contributed by atoms with Crippen LogP contribution in [0.25, 0.3) is 0 Å². The lowest BCUT2D eigenvalue weighted by Gasteiger charge is -2.15. The van der Waals surface area contributed by atoms with E-state index in [2.05, 4.69) is 31.2 Å². The van der Waals surface area contributed by atoms with E-state index in [1.165, 1.54) is 18.7 Å². The number of Topliss-reactive ketones (excluding diaryl/α,β-unsaturated/α-hetero) is 1. The van der Waals surface area contributed by atoms with Crippen LogP contribution in [-0.4, -0.2) is 22.7 Å². The Morgan fingerprint density at radius 2 is 2.12 bits per heavy atom. The van der Waals surface area contributed by atoms with Crippen LogP contribution in [-0.2, 0) is 4.79 Å². The average molecular weight is 312 g/mol. The molecule has 0 fully saturated rings. The number of carbonyl (C=O) groups excluding carboxylic acids is 1. The van der Waals surface area contributed by atoms with Crippen LogP contribution in [0.2, 0.25) is 0 Å². The molecular formula is C11H10BrN3OS. The van der Waals surface area contributed by atoms with Crippen LogP contribution in [0.3, 0.4) is 0 Å². The van der Waals surface area contributed by atoms with Gasteiger partial charge in [0, 0.05) is 10.2 Å². The lowest BCUT2D eigenvalue weighted by atomic mass is 10.3. The van der Waals surface area contributed by atoms with Crippen LogP contribution >= 0.6 is 27.7 Å². The van der Waals surface area contributed by atoms with Gasteiger partial charge in [0.25, 0.3) is 0 Å². The van der Waals surface area contributed by atoms with Gasteiger partial charge in [0.15, 0.2) is 16.1 Å². The Hall–Kier alpha value is -1.14. The number of aliphatic imine (C=N–C) groups is 2. The molecule has 88 valence electrons. The zero-order valence-corrected chi connectivity index (χ0v) is 11.5. The fraction of sp³-hybridized carbons (Fsp3) is 0.182. The van der Waals surface area contributed by atoms with Gasteiger partial charge in [-0.05, 0) is 43.0 Å². The smallest absolute Gasteiger partial charge is 0.193 e. The molecule has 0 atom stereocenters. The normalized spacial score (nSPS) is 16.4. The van der Waals surface area contributed by atoms with Crippen molar-refractivity contribution in [3.63, 3.8) is 0 Å². The topological polar surface area (TPSA) is 53.8 Å². The third-order valence-corrected chi connectivity index (χ3v) is 3.24. The summed E-state index contributed by atoms with van der Waals surface area (Å²) in [6, 6.07) is 7.82. The predicted molar refractivity (Wildman–Crippen MR) is 75.8 cm³/mol. The van der Waals surface area contributed by atoms with Gasteiger partial charge in [0.1, 0.15) is 6.54 Å². The van der Waals surface area contributed by atoms with E-state index >= 15 is 0 Å². The lowest BCUT2D eigenvalue weighted by molar-refractivity contribution is -0.115. The van der Waals surface area contributed by atoms with E-state index < -0.39 is 0 Å². The van der Waals surface area contributed by atoms with Crippen LogP contribution in [0.1, 0.15) is 6.92 Å². The van der Waals surface area contributed by atoms with Crippen molar-refractivity contribution in [1.29, 1.82) is 0 Å². The van der Waals surface area contributed by atoms with Gasteiger partial charge in [-0.1, -0.05) is 15.9 Å². The Morgan fingerprint density at radius 3 is 2.71 bits per heavy atom. The lowest BCUT2D eigenvalue weighted by Crippen LogP contribution is -2.20. The molecule has 2 rings (SSSR count). The molecule has 1 N–H and O–H groups in total. The number of amidine groups is 2. The van der Waals surface area contributed by atoms with Crippen LogP contribution in [0.5, 0.6) is 0 Å². The van der Waals surface area contributed by atoms with Gasteiger partial charge in [-0.3, -0.25) is 9.79 Å². The number of anilines is 1. The number of carbonyl (C=O) groups is 1. The van der Waals surface area contributed by atoms with Crippen molar-refractivity contribution >= 4 is 49.5 Å². The molecule has 0 saturated carbocycles. The van der Waals surface area contributed by atoms with Crippen molar-refractivity contribution in [2.45, 2.75) is 6.92 Å². The van der Waals surface area contributed by atoms with Gasteiger partial charge in [-0.25, -0.2) is 0 Å². The first-order chi connectivity index (χ1) is 8.13. The van der Waals surface area contributed by atoms with Gasteiger partial charge < -0.3 is 5.32 Å². The monoisotopic (exact) mass is 311 g/mol. The number of halogens is 1. The van der Waals surface area contributed by atoms with Crippen LogP contribution < -0.4 is 5.32 Å². The number of thioether (sulfide) groups is 1. The standard InChI is InChI=1S/C11H10BrN3OS/c1-7(16)6-13-10-15-11(17-10)14-9-4-2-8(12)3-5-9/h2-5H,6H2,1H3,(H,13,14,15). The highest BCUT2D eigenvalue weighted by Gasteiger charge is 2.17. The molecule has 4 nitrogen and oxygen atoms in total. The van der Waals surface area contributed by atoms with E-state index in [-0.39, 0.29) is 12.3 Å². The van der Waals surface area contributed by atoms with E-state index in [4.69, 9.17) is 0 Å². The molecule has 0 aromatic heterocycles. The molecule has 0 aliphatic carbocycles. The molecule has 1 aromatic carbocycles. The summed E-state index contributed by atoms with van der Waals surface area (Å²) in [6.45, 7) is 1.72. The molecule has 0 spiro atoms. The third kappa shape index (κ3) is 3.67. The molecule has 0 unspecified atom stereocenters. The van der Waals surface area contributed by atoms with Crippen molar-refractivity contribution in [3.05, 3.63) is 28.7 Å². The summed E-state index contributed by atoms with van der Waals surface area (Å²) in [5.74, 6) is 0.0441. The molecule has 17 heavy (non-hydrogen) atoms. The summed E-state index contributed by atoms with van der Waals surface area (Å²) in [6.07, 6.45) is 0. The molecule has 1 heterocycles. The molecule has 0 amide bonds. The first kappa shape index (κ1) is 12.3. The second kappa shape index (κ2) is 5.46. The molecule has 0 bridgehead atoms. The van der Waals surface area contributed by atoms with E-state index in [0.717, 1.165) is 15.3 Å². The predicted octanol–water partition coefficient (Wildman–Crippen LogP) is 2.91. The molecule has 1 aliphatic rings. The third-order valence-electron chi connectivity index (χ3n) is 1.92. The first-order valence-corrected chi connectivity index (χ1v) is 6.57. The number of rotatable bonds is 3. The van der Waals surface area contributed by atoms with Gasteiger partial charge in [0.05, 0.1) is 0 Å². The minimum Gasteiger partial charge on any atom is -0.334 e. The summed E-state index contributed by atoms with van der Waals surface area (Å²) in [5.41, 5.74) is 0.977. The summed E-state index contributed by atoms with van der Waals surface area (Å²) >= 11 is 4.81. The Morgan fingerprint density at radius 1 is 1.47 bits per heavy atom. The minimum atomic E-state index is 0.0441. The Balaban J connectivity index is 1.91. The molecule has 0 saturated heterocycles. The maximum atomic E-state index is 10.7. The number of nitrogens with zero attached hydrogens (tertiary/aromatic N) is 2. The minimum absolute atomic E-state index is 0.0441. The largest absolute Gasteiger partial charge is 0.334 e. The van der Waals surface area contributed by atoms with Crippen molar-refractivity contribution in [3.8, 4) is 0 Å². The summed E-state index contributed by atoms with van der Waals surface area (Å²) < 4.78 is 1.04. The second-order valence-corrected chi connectivity index (χ2v) is 5.32. The zero-order valence-electron chi connectivity index (χ0n) is 9.11. The Bertz CT molecular complexity index is 496. The van der Waals surface area contributed by atoms with Crippen molar-refractivity contribution < 1.29 is 4.79 Å². The Labute approximate surface area is 112 Å². The number of benzene rings is 1. The highest BCUT2D eigenvalue weighted by molar-refractivity contribution is 9.10. The summed E-state index contributed by atoms with van der Waals surface area (Å²) in [7, 11) is 0. The van der Waals surface area contributed by atoms with Gasteiger partial charge in [-0.15, -0.1) is 0 Å². The number of hydrogen-bond acceptors (Lipinski definition) is 4. The van der Waals surface area contributed by atoms with Gasteiger partial charge in [0.2, 0.25) is 0 Å². The SMILES string of the molecule is CC(=O)CN=C1N=C(Nc2ccc(Br)cc2)S1. The molecular weight excluding hydrogens is 302 g/mol. The van der Waals surface area contributed by atoms with Crippen molar-refractivity contribution in [1.82, 2.24) is 0 Å². The summed E-state index contributed by atoms with van der Waals surface area (Å²) in [5, 5.41) is 4.60. The van der Waals surface area contributed by atoms with Crippen molar-refractivity contribution in [2.75, 3.05) is 11.9 Å². The van der Waals surface area contributed by atoms with Gasteiger partial charge in [-0.2, -0.15) is 4.99 Å². The number of hydrogen-bond donors (Lipinski definition) is 1. The Kier molecular flexibility index (Phi) is 3.96. The first-order valence-electron chi connectivity index (χ1n) is 4.96. The fourth-order valence-corrected chi connectivity index (χ4v) is 2.01. The molecule has 0 radical (unpaired) electrons. The number of nitrogens with one attached hydrogen (secondary N) is 1. The van der Waals surface area contributed by atoms with Crippen molar-refractivity contribution in [2.24, 2.45) is 9.98 Å².